The molecule has 1 heterocycles. The number of carbonyl (C=O) groups is 2. The summed E-state index contributed by atoms with van der Waals surface area (Å²) in [5, 5.41) is 2.71. The Bertz CT molecular complexity index is 560. The number of nitrogens with zero attached hydrogens (tertiary/aromatic N) is 1. The summed E-state index contributed by atoms with van der Waals surface area (Å²) in [5.74, 6) is -1.27. The fraction of sp³-hybridized carbons (Fsp3) is 0.429. The number of amides is 2. The molecule has 0 bridgehead atoms. The second-order valence-corrected chi connectivity index (χ2v) is 4.91. The van der Waals surface area contributed by atoms with E-state index in [4.69, 9.17) is 5.73 Å². The number of benzene rings is 1. The molecule has 0 saturated carbocycles. The van der Waals surface area contributed by atoms with Crippen molar-refractivity contribution in [1.82, 2.24) is 10.2 Å². The molecule has 2 rings (SSSR count). The van der Waals surface area contributed by atoms with Gasteiger partial charge < -0.3 is 16.0 Å². The second-order valence-electron chi connectivity index (χ2n) is 4.91. The lowest BCUT2D eigenvalue weighted by atomic mass is 10.0. The molecule has 1 unspecified atom stereocenters. The van der Waals surface area contributed by atoms with Gasteiger partial charge in [-0.15, -0.1) is 0 Å². The molecule has 0 radical (unpaired) electrons. The van der Waals surface area contributed by atoms with E-state index in [1.54, 1.807) is 6.92 Å². The molecule has 1 aliphatic heterocycles. The molecule has 1 aliphatic rings. The lowest BCUT2D eigenvalue weighted by Gasteiger charge is -2.34. The Balaban J connectivity index is 2.38. The molecule has 5 nitrogen and oxygen atoms in total. The van der Waals surface area contributed by atoms with Crippen LogP contribution in [0, 0.1) is 12.7 Å². The SMILES string of the molecule is CCC1C(=O)NCCN1C(=O)c1cc(N)cc(C)c1F. The molecule has 1 fully saturated rings. The maximum Gasteiger partial charge on any atom is 0.257 e. The van der Waals surface area contributed by atoms with Crippen molar-refractivity contribution in [3.05, 3.63) is 29.1 Å². The van der Waals surface area contributed by atoms with Crippen LogP contribution in [-0.4, -0.2) is 35.8 Å². The molecular weight excluding hydrogens is 261 g/mol. The number of nitrogens with one attached hydrogen (secondary N) is 1. The normalized spacial score (nSPS) is 18.9. The van der Waals surface area contributed by atoms with Gasteiger partial charge in [0.05, 0.1) is 5.56 Å². The smallest absolute Gasteiger partial charge is 0.257 e. The van der Waals surface area contributed by atoms with Gasteiger partial charge >= 0.3 is 0 Å². The van der Waals surface area contributed by atoms with E-state index in [0.717, 1.165) is 0 Å². The predicted octanol–water partition coefficient (Wildman–Crippen LogP) is 1.07. The number of anilines is 1. The second kappa shape index (κ2) is 5.48. The third-order valence-electron chi connectivity index (χ3n) is 3.49. The van der Waals surface area contributed by atoms with Crippen molar-refractivity contribution in [3.63, 3.8) is 0 Å². The Labute approximate surface area is 116 Å². The number of carbonyl (C=O) groups excluding carboxylic acids is 2. The number of hydrogen-bond donors (Lipinski definition) is 2. The van der Waals surface area contributed by atoms with Crippen LogP contribution in [0.2, 0.25) is 0 Å². The van der Waals surface area contributed by atoms with E-state index in [1.165, 1.54) is 17.0 Å². The predicted molar refractivity (Wildman–Crippen MR) is 73.7 cm³/mol. The van der Waals surface area contributed by atoms with Gasteiger partial charge in [0, 0.05) is 18.8 Å². The van der Waals surface area contributed by atoms with Gasteiger partial charge in [-0.05, 0) is 31.0 Å². The monoisotopic (exact) mass is 279 g/mol. The number of halogens is 1. The van der Waals surface area contributed by atoms with Gasteiger partial charge in [-0.25, -0.2) is 4.39 Å². The number of nitrogen functional groups attached to an aromatic ring is 1. The maximum atomic E-state index is 14.1. The molecule has 6 heteroatoms. The fourth-order valence-corrected chi connectivity index (χ4v) is 2.47. The number of nitrogens with two attached hydrogens (primary N) is 1. The van der Waals surface area contributed by atoms with Crippen LogP contribution < -0.4 is 11.1 Å². The number of hydrogen-bond acceptors (Lipinski definition) is 3. The summed E-state index contributed by atoms with van der Waals surface area (Å²) in [6.45, 7) is 4.12. The lowest BCUT2D eigenvalue weighted by molar-refractivity contribution is -0.127. The van der Waals surface area contributed by atoms with E-state index in [-0.39, 0.29) is 11.5 Å². The Kier molecular flexibility index (Phi) is 3.92. The summed E-state index contributed by atoms with van der Waals surface area (Å²) in [6, 6.07) is 2.24. The largest absolute Gasteiger partial charge is 0.399 e. The van der Waals surface area contributed by atoms with E-state index in [9.17, 15) is 14.0 Å². The van der Waals surface area contributed by atoms with Crippen molar-refractivity contribution in [2.45, 2.75) is 26.3 Å². The molecule has 1 saturated heterocycles. The van der Waals surface area contributed by atoms with Gasteiger partial charge in [0.1, 0.15) is 11.9 Å². The zero-order valence-corrected chi connectivity index (χ0v) is 11.6. The van der Waals surface area contributed by atoms with Gasteiger partial charge in [-0.2, -0.15) is 0 Å². The Morgan fingerprint density at radius 3 is 2.90 bits per heavy atom. The van der Waals surface area contributed by atoms with Crippen LogP contribution in [0.5, 0.6) is 0 Å². The molecule has 0 spiro atoms. The van der Waals surface area contributed by atoms with Crippen LogP contribution in [0.15, 0.2) is 12.1 Å². The van der Waals surface area contributed by atoms with Crippen LogP contribution in [0.4, 0.5) is 10.1 Å². The summed E-state index contributed by atoms with van der Waals surface area (Å²) in [4.78, 5) is 25.7. The van der Waals surface area contributed by atoms with Gasteiger partial charge in [0.2, 0.25) is 5.91 Å². The van der Waals surface area contributed by atoms with Crippen LogP contribution in [0.1, 0.15) is 29.3 Å². The highest BCUT2D eigenvalue weighted by Gasteiger charge is 2.33. The summed E-state index contributed by atoms with van der Waals surface area (Å²) in [6.07, 6.45) is 0.487. The minimum Gasteiger partial charge on any atom is -0.399 e. The standard InChI is InChI=1S/C14H18FN3O2/c1-3-11-13(19)17-4-5-18(11)14(20)10-7-9(16)6-8(2)12(10)15/h6-7,11H,3-5,16H2,1-2H3,(H,17,19). The molecule has 0 aliphatic carbocycles. The number of aryl methyl sites for hydroxylation is 1. The third kappa shape index (κ3) is 2.45. The first-order chi connectivity index (χ1) is 9.45. The highest BCUT2D eigenvalue weighted by atomic mass is 19.1. The van der Waals surface area contributed by atoms with Crippen LogP contribution in [0.3, 0.4) is 0 Å². The number of rotatable bonds is 2. The van der Waals surface area contributed by atoms with Crippen LogP contribution in [-0.2, 0) is 4.79 Å². The van der Waals surface area contributed by atoms with Crippen molar-refractivity contribution in [2.75, 3.05) is 18.8 Å². The van der Waals surface area contributed by atoms with E-state index in [2.05, 4.69) is 5.32 Å². The van der Waals surface area contributed by atoms with E-state index in [0.29, 0.717) is 30.8 Å². The first kappa shape index (κ1) is 14.3. The van der Waals surface area contributed by atoms with E-state index >= 15 is 0 Å². The van der Waals surface area contributed by atoms with Crippen molar-refractivity contribution in [2.24, 2.45) is 0 Å². The topological polar surface area (TPSA) is 75.4 Å². The summed E-state index contributed by atoms with van der Waals surface area (Å²) in [5.41, 5.74) is 6.26. The average molecular weight is 279 g/mol. The molecule has 0 aromatic heterocycles. The molecule has 3 N–H and O–H groups in total. The number of piperazine rings is 1. The Hall–Kier alpha value is -2.11. The molecule has 1 atom stereocenters. The lowest BCUT2D eigenvalue weighted by Crippen LogP contribution is -2.57. The van der Waals surface area contributed by atoms with Crippen molar-refractivity contribution in [1.29, 1.82) is 0 Å². The maximum absolute atomic E-state index is 14.1. The van der Waals surface area contributed by atoms with Crippen LogP contribution in [0.25, 0.3) is 0 Å². The van der Waals surface area contributed by atoms with Crippen molar-refractivity contribution >= 4 is 17.5 Å². The summed E-state index contributed by atoms with van der Waals surface area (Å²) >= 11 is 0. The molecular formula is C14H18FN3O2. The zero-order valence-electron chi connectivity index (χ0n) is 11.6. The third-order valence-corrected chi connectivity index (χ3v) is 3.49. The van der Waals surface area contributed by atoms with Crippen LogP contribution >= 0.6 is 0 Å². The van der Waals surface area contributed by atoms with E-state index < -0.39 is 17.8 Å². The van der Waals surface area contributed by atoms with Gasteiger partial charge in [-0.1, -0.05) is 6.92 Å². The first-order valence-electron chi connectivity index (χ1n) is 6.60. The molecule has 20 heavy (non-hydrogen) atoms. The Morgan fingerprint density at radius 1 is 1.55 bits per heavy atom. The summed E-state index contributed by atoms with van der Waals surface area (Å²) in [7, 11) is 0. The van der Waals surface area contributed by atoms with Gasteiger partial charge in [-0.3, -0.25) is 9.59 Å². The Morgan fingerprint density at radius 2 is 2.25 bits per heavy atom. The minimum absolute atomic E-state index is 0.0735. The molecule has 108 valence electrons. The highest BCUT2D eigenvalue weighted by molar-refractivity contribution is 5.99. The first-order valence-corrected chi connectivity index (χ1v) is 6.60. The summed E-state index contributed by atoms with van der Waals surface area (Å²) < 4.78 is 14.1. The zero-order chi connectivity index (χ0) is 14.9. The average Bonchev–Trinajstić information content (AvgIpc) is 2.41. The van der Waals surface area contributed by atoms with Crippen molar-refractivity contribution in [3.8, 4) is 0 Å². The van der Waals surface area contributed by atoms with E-state index in [1.807, 2.05) is 6.92 Å². The minimum atomic E-state index is -0.579. The van der Waals surface area contributed by atoms with Gasteiger partial charge in [0.15, 0.2) is 0 Å². The van der Waals surface area contributed by atoms with Crippen molar-refractivity contribution < 1.29 is 14.0 Å². The molecule has 2 amide bonds. The fourth-order valence-electron chi connectivity index (χ4n) is 2.47. The highest BCUT2D eigenvalue weighted by Crippen LogP contribution is 2.21. The molecule has 1 aromatic rings. The molecule has 1 aromatic carbocycles. The van der Waals surface area contributed by atoms with Gasteiger partial charge in [0.25, 0.3) is 5.91 Å². The quantitative estimate of drug-likeness (QED) is 0.795.